The molecule has 0 spiro atoms. The number of ether oxygens (including phenoxy) is 1. The first kappa shape index (κ1) is 19.5. The van der Waals surface area contributed by atoms with Crippen LogP contribution >= 0.6 is 0 Å². The summed E-state index contributed by atoms with van der Waals surface area (Å²) in [5.41, 5.74) is 8.82. The van der Waals surface area contributed by atoms with Crippen LogP contribution < -0.4 is 16.0 Å². The van der Waals surface area contributed by atoms with E-state index in [0.29, 0.717) is 12.0 Å². The minimum Gasteiger partial charge on any atom is -0.472 e. The number of hydrogen-bond donors (Lipinski definition) is 4. The fourth-order valence-corrected chi connectivity index (χ4v) is 2.79. The number of carbonyl (C=O) groups excluding carboxylic acids is 1. The number of benzene rings is 1. The fourth-order valence-electron chi connectivity index (χ4n) is 2.79. The normalized spacial score (nSPS) is 15.5. The third-order valence-corrected chi connectivity index (χ3v) is 4.24. The Labute approximate surface area is 158 Å². The molecule has 0 saturated carbocycles. The predicted octanol–water partition coefficient (Wildman–Crippen LogP) is -0.0167. The molecule has 0 bridgehead atoms. The van der Waals surface area contributed by atoms with Gasteiger partial charge < -0.3 is 20.5 Å². The molecule has 0 fully saturated rings. The van der Waals surface area contributed by atoms with Crippen molar-refractivity contribution in [1.29, 1.82) is 0 Å². The highest BCUT2D eigenvalue weighted by Crippen LogP contribution is 2.37. The zero-order valence-corrected chi connectivity index (χ0v) is 14.7. The van der Waals surface area contributed by atoms with Crippen molar-refractivity contribution in [3.63, 3.8) is 0 Å². The summed E-state index contributed by atoms with van der Waals surface area (Å²) in [6.07, 6.45) is 0.580. The van der Waals surface area contributed by atoms with Crippen LogP contribution in [0.3, 0.4) is 0 Å². The van der Waals surface area contributed by atoms with Crippen molar-refractivity contribution in [2.24, 2.45) is 10.7 Å². The second-order valence-corrected chi connectivity index (χ2v) is 5.97. The molecule has 5 N–H and O–H groups in total. The molecule has 1 aromatic heterocycles. The van der Waals surface area contributed by atoms with Crippen molar-refractivity contribution in [1.82, 2.24) is 20.7 Å². The zero-order chi connectivity index (χ0) is 20.1. The maximum Gasteiger partial charge on any atom is 0.314 e. The van der Waals surface area contributed by atoms with Gasteiger partial charge in [0.15, 0.2) is 5.84 Å². The van der Waals surface area contributed by atoms with E-state index in [0.717, 1.165) is 5.56 Å². The first-order chi connectivity index (χ1) is 13.5. The van der Waals surface area contributed by atoms with Crippen LogP contribution in [0.15, 0.2) is 27.8 Å². The molecule has 0 saturated heterocycles. The number of amidine groups is 1. The Morgan fingerprint density at radius 1 is 1.46 bits per heavy atom. The number of fused-ring (bicyclic) bond motifs is 1. The average molecular weight is 394 g/mol. The summed E-state index contributed by atoms with van der Waals surface area (Å²) < 4.78 is 23.5. The number of amides is 2. The highest BCUT2D eigenvalue weighted by atomic mass is 19.1. The first-order valence-corrected chi connectivity index (χ1v) is 8.40. The van der Waals surface area contributed by atoms with E-state index < -0.39 is 6.03 Å². The Morgan fingerprint density at radius 3 is 3.00 bits per heavy atom. The summed E-state index contributed by atoms with van der Waals surface area (Å²) in [5.74, 6) is -0.489. The quantitative estimate of drug-likeness (QED) is 0.276. The van der Waals surface area contributed by atoms with Gasteiger partial charge in [0.25, 0.3) is 5.88 Å². The number of urea groups is 1. The van der Waals surface area contributed by atoms with Crippen LogP contribution in [0, 0.1) is 5.82 Å². The van der Waals surface area contributed by atoms with Crippen LogP contribution in [-0.4, -0.2) is 63.7 Å². The van der Waals surface area contributed by atoms with Gasteiger partial charge in [0.05, 0.1) is 19.2 Å². The van der Waals surface area contributed by atoms with Crippen molar-refractivity contribution < 1.29 is 28.9 Å². The molecule has 150 valence electrons. The Hall–Kier alpha value is -3.25. The molecular formula is C16H19FN6O5. The van der Waals surface area contributed by atoms with Crippen molar-refractivity contribution in [2.75, 3.05) is 26.3 Å². The van der Waals surface area contributed by atoms with Crippen LogP contribution in [0.2, 0.25) is 0 Å². The number of nitrogens with one attached hydrogen (secondary N) is 1. The average Bonchev–Trinajstić information content (AvgIpc) is 3.12. The second kappa shape index (κ2) is 8.63. The Kier molecular flexibility index (Phi) is 6.01. The predicted molar refractivity (Wildman–Crippen MR) is 92.3 cm³/mol. The zero-order valence-electron chi connectivity index (χ0n) is 14.7. The number of aromatic nitrogens is 2. The Balaban J connectivity index is 1.68. The maximum absolute atomic E-state index is 13.4. The summed E-state index contributed by atoms with van der Waals surface area (Å²) in [6, 6.07) is 3.39. The first-order valence-electron chi connectivity index (χ1n) is 8.40. The molecule has 0 radical (unpaired) electrons. The fraction of sp³-hybridized carbons (Fsp3) is 0.375. The number of primary amides is 1. The summed E-state index contributed by atoms with van der Waals surface area (Å²) >= 11 is 0. The van der Waals surface area contributed by atoms with Gasteiger partial charge in [-0.15, -0.1) is 0 Å². The summed E-state index contributed by atoms with van der Waals surface area (Å²) in [5, 5.41) is 25.6. The van der Waals surface area contributed by atoms with Crippen LogP contribution in [-0.2, 0) is 6.42 Å². The van der Waals surface area contributed by atoms with Gasteiger partial charge in [-0.2, -0.15) is 0 Å². The van der Waals surface area contributed by atoms with Crippen molar-refractivity contribution in [2.45, 2.75) is 12.5 Å². The van der Waals surface area contributed by atoms with Gasteiger partial charge in [-0.25, -0.2) is 13.8 Å². The molecule has 12 heteroatoms. The number of rotatable bonds is 8. The molecule has 1 unspecified atom stereocenters. The number of nitrogens with zero attached hydrogens (tertiary/aromatic N) is 4. The smallest absolute Gasteiger partial charge is 0.314 e. The third-order valence-electron chi connectivity index (χ3n) is 4.24. The summed E-state index contributed by atoms with van der Waals surface area (Å²) in [4.78, 5) is 16.7. The standard InChI is InChI=1S/C16H19FN6O5/c17-10-2-1-9-7-12(11(9)8-10)19-14(20-26)13-15(22-28-21-13)27-6-4-23(3-5-24)16(18)25/h1-2,8,12,24,26H,3-7H2,(H2,18,25)(H,19,20). The van der Waals surface area contributed by atoms with E-state index in [1.54, 1.807) is 6.07 Å². The summed E-state index contributed by atoms with van der Waals surface area (Å²) in [7, 11) is 0. The van der Waals surface area contributed by atoms with Gasteiger partial charge in [0.1, 0.15) is 12.4 Å². The lowest BCUT2D eigenvalue weighted by molar-refractivity contribution is 0.166. The lowest BCUT2D eigenvalue weighted by Crippen LogP contribution is -2.40. The number of hydroxylamine groups is 1. The molecule has 1 aliphatic rings. The minimum absolute atomic E-state index is 0.0136. The number of halogens is 1. The topological polar surface area (TPSA) is 159 Å². The third kappa shape index (κ3) is 4.18. The van der Waals surface area contributed by atoms with E-state index in [4.69, 9.17) is 15.6 Å². The number of nitrogens with two attached hydrogens (primary N) is 1. The van der Waals surface area contributed by atoms with E-state index in [1.165, 1.54) is 17.0 Å². The number of aliphatic imine (C=N–C) groups is 1. The largest absolute Gasteiger partial charge is 0.472 e. The van der Waals surface area contributed by atoms with Gasteiger partial charge in [-0.05, 0) is 40.0 Å². The van der Waals surface area contributed by atoms with Crippen LogP contribution in [0.5, 0.6) is 5.88 Å². The molecular weight excluding hydrogens is 375 g/mol. The van der Waals surface area contributed by atoms with Crippen molar-refractivity contribution in [3.8, 4) is 5.88 Å². The van der Waals surface area contributed by atoms with Crippen molar-refractivity contribution in [3.05, 3.63) is 40.8 Å². The summed E-state index contributed by atoms with van der Waals surface area (Å²) in [6.45, 7) is -0.101. The van der Waals surface area contributed by atoms with Gasteiger partial charge in [0.2, 0.25) is 5.69 Å². The van der Waals surface area contributed by atoms with E-state index in [9.17, 15) is 14.4 Å². The van der Waals surface area contributed by atoms with Gasteiger partial charge >= 0.3 is 6.03 Å². The molecule has 1 aliphatic carbocycles. The number of hydrogen-bond acceptors (Lipinski definition) is 8. The monoisotopic (exact) mass is 394 g/mol. The van der Waals surface area contributed by atoms with Crippen LogP contribution in [0.1, 0.15) is 22.9 Å². The molecule has 11 nitrogen and oxygen atoms in total. The van der Waals surface area contributed by atoms with Gasteiger partial charge in [0, 0.05) is 6.54 Å². The Morgan fingerprint density at radius 2 is 2.29 bits per heavy atom. The number of aliphatic hydroxyl groups excluding tert-OH is 1. The Bertz CT molecular complexity index is 873. The van der Waals surface area contributed by atoms with Crippen LogP contribution in [0.4, 0.5) is 9.18 Å². The minimum atomic E-state index is -0.702. The number of aliphatic hydroxyl groups is 1. The molecule has 0 aliphatic heterocycles. The highest BCUT2D eigenvalue weighted by Gasteiger charge is 2.28. The molecule has 3 rings (SSSR count). The molecule has 1 aromatic carbocycles. The SMILES string of the molecule is NC(=O)N(CCO)CCOc1nonc1C(=NC1Cc2ccc(F)cc21)NO. The molecule has 2 amide bonds. The maximum atomic E-state index is 13.4. The highest BCUT2D eigenvalue weighted by molar-refractivity contribution is 5.98. The van der Waals surface area contributed by atoms with Crippen molar-refractivity contribution >= 4 is 11.9 Å². The molecule has 1 atom stereocenters. The second-order valence-electron chi connectivity index (χ2n) is 5.97. The van der Waals surface area contributed by atoms with Crippen LogP contribution in [0.25, 0.3) is 0 Å². The molecule has 2 aromatic rings. The lowest BCUT2D eigenvalue weighted by Gasteiger charge is -2.27. The van der Waals surface area contributed by atoms with E-state index >= 15 is 0 Å². The van der Waals surface area contributed by atoms with E-state index in [2.05, 4.69) is 19.9 Å². The lowest BCUT2D eigenvalue weighted by atomic mass is 9.83. The van der Waals surface area contributed by atoms with E-state index in [-0.39, 0.29) is 55.6 Å². The van der Waals surface area contributed by atoms with E-state index in [1.807, 2.05) is 5.48 Å². The van der Waals surface area contributed by atoms with Gasteiger partial charge in [-0.3, -0.25) is 15.7 Å². The number of carbonyl (C=O) groups is 1. The molecule has 1 heterocycles. The molecule has 28 heavy (non-hydrogen) atoms. The van der Waals surface area contributed by atoms with Gasteiger partial charge in [-0.1, -0.05) is 6.07 Å².